The fourth-order valence-corrected chi connectivity index (χ4v) is 3.40. The molecule has 27 heavy (non-hydrogen) atoms. The van der Waals surface area contributed by atoms with E-state index < -0.39 is 11.8 Å². The van der Waals surface area contributed by atoms with Crippen LogP contribution in [0.25, 0.3) is 6.08 Å². The maximum atomic E-state index is 13.0. The Morgan fingerprint density at radius 1 is 1.11 bits per heavy atom. The van der Waals surface area contributed by atoms with E-state index in [-0.39, 0.29) is 26.4 Å². The van der Waals surface area contributed by atoms with Crippen LogP contribution in [0.5, 0.6) is 5.75 Å². The summed E-state index contributed by atoms with van der Waals surface area (Å²) in [6.07, 6.45) is 1.41. The molecule has 1 aliphatic heterocycles. The van der Waals surface area contributed by atoms with Crippen molar-refractivity contribution >= 4 is 75.7 Å². The number of nitrogens with zero attached hydrogens (tertiary/aromatic N) is 1. The van der Waals surface area contributed by atoms with E-state index in [0.29, 0.717) is 16.3 Å². The van der Waals surface area contributed by atoms with E-state index in [9.17, 15) is 9.59 Å². The van der Waals surface area contributed by atoms with Crippen LogP contribution in [0.15, 0.2) is 42.0 Å². The Bertz CT molecular complexity index is 1010. The smallest absolute Gasteiger partial charge is 0.270 e. The fraction of sp³-hybridized carbons (Fsp3) is 0.0556. The Balaban J connectivity index is 2.05. The van der Waals surface area contributed by atoms with Crippen molar-refractivity contribution in [3.05, 3.63) is 62.6 Å². The molecule has 0 unspecified atom stereocenters. The molecule has 2 amide bonds. The van der Waals surface area contributed by atoms with E-state index in [1.54, 1.807) is 36.4 Å². The molecule has 0 atom stereocenters. The first-order valence-corrected chi connectivity index (χ1v) is 9.06. The lowest BCUT2D eigenvalue weighted by molar-refractivity contribution is -0.122. The van der Waals surface area contributed by atoms with Crippen LogP contribution in [-0.2, 0) is 9.59 Å². The minimum Gasteiger partial charge on any atom is -0.495 e. The summed E-state index contributed by atoms with van der Waals surface area (Å²) < 4.78 is 5.09. The number of thiocarbonyl (C=S) groups is 1. The van der Waals surface area contributed by atoms with Crippen LogP contribution in [0.2, 0.25) is 15.1 Å². The van der Waals surface area contributed by atoms with Crippen molar-refractivity contribution in [3.63, 3.8) is 0 Å². The third-order valence-corrected chi connectivity index (χ3v) is 5.15. The van der Waals surface area contributed by atoms with E-state index in [1.807, 2.05) is 0 Å². The van der Waals surface area contributed by atoms with Gasteiger partial charge in [-0.2, -0.15) is 0 Å². The van der Waals surface area contributed by atoms with Crippen LogP contribution in [0.3, 0.4) is 0 Å². The number of halogens is 3. The third-order valence-electron chi connectivity index (χ3n) is 3.76. The average molecular weight is 442 g/mol. The van der Waals surface area contributed by atoms with Gasteiger partial charge in [0, 0.05) is 0 Å². The van der Waals surface area contributed by atoms with Gasteiger partial charge in [0.05, 0.1) is 27.9 Å². The van der Waals surface area contributed by atoms with Crippen molar-refractivity contribution < 1.29 is 14.3 Å². The quantitative estimate of drug-likeness (QED) is 0.433. The van der Waals surface area contributed by atoms with E-state index in [1.165, 1.54) is 13.2 Å². The molecular weight excluding hydrogens is 431 g/mol. The molecule has 5 nitrogen and oxygen atoms in total. The van der Waals surface area contributed by atoms with Crippen LogP contribution in [-0.4, -0.2) is 24.0 Å². The molecule has 1 heterocycles. The molecule has 0 aromatic heterocycles. The zero-order valence-corrected chi connectivity index (χ0v) is 16.8. The first-order chi connectivity index (χ1) is 12.8. The van der Waals surface area contributed by atoms with Gasteiger partial charge in [-0.15, -0.1) is 0 Å². The molecule has 1 fully saturated rings. The maximum absolute atomic E-state index is 13.0. The third kappa shape index (κ3) is 3.80. The standard InChI is InChI=1S/C18H11Cl3N2O3S/c1-26-14-6-5-9(8-12(14)20)7-10-16(24)22-18(27)23(17(10)25)13-4-2-3-11(19)15(13)21/h2-8H,1H3,(H,22,24,27)/b10-7+. The number of rotatable bonds is 3. The SMILES string of the molecule is COc1ccc(/C=C2\C(=O)NC(=S)N(c3cccc(Cl)c3Cl)C2=O)cc1Cl. The fourth-order valence-electron chi connectivity index (χ4n) is 2.48. The van der Waals surface area contributed by atoms with E-state index >= 15 is 0 Å². The van der Waals surface area contributed by atoms with Crippen molar-refractivity contribution in [1.82, 2.24) is 5.32 Å². The van der Waals surface area contributed by atoms with Gasteiger partial charge in [0.2, 0.25) is 0 Å². The van der Waals surface area contributed by atoms with Crippen molar-refractivity contribution in [1.29, 1.82) is 0 Å². The minimum atomic E-state index is -0.625. The highest BCUT2D eigenvalue weighted by Crippen LogP contribution is 2.34. The number of benzene rings is 2. The molecule has 0 saturated carbocycles. The lowest BCUT2D eigenvalue weighted by Crippen LogP contribution is -2.54. The van der Waals surface area contributed by atoms with Gasteiger partial charge in [-0.05, 0) is 48.1 Å². The van der Waals surface area contributed by atoms with Crippen LogP contribution >= 0.6 is 47.0 Å². The van der Waals surface area contributed by atoms with E-state index in [2.05, 4.69) is 5.32 Å². The summed E-state index contributed by atoms with van der Waals surface area (Å²) >= 11 is 23.5. The Labute approximate surface area is 175 Å². The molecule has 2 aromatic rings. The first-order valence-electron chi connectivity index (χ1n) is 7.52. The number of anilines is 1. The van der Waals surface area contributed by atoms with E-state index in [4.69, 9.17) is 51.8 Å². The minimum absolute atomic E-state index is 0.0842. The Hall–Kier alpha value is -2.12. The van der Waals surface area contributed by atoms with Crippen LogP contribution < -0.4 is 15.0 Å². The number of amides is 2. The van der Waals surface area contributed by atoms with Crippen molar-refractivity contribution in [2.75, 3.05) is 12.0 Å². The summed E-state index contributed by atoms with van der Waals surface area (Å²) in [6, 6.07) is 9.68. The summed E-state index contributed by atoms with van der Waals surface area (Å²) in [5, 5.41) is 3.16. The second-order valence-electron chi connectivity index (χ2n) is 5.42. The largest absolute Gasteiger partial charge is 0.495 e. The lowest BCUT2D eigenvalue weighted by atomic mass is 10.1. The summed E-state index contributed by atoms with van der Waals surface area (Å²) in [6.45, 7) is 0. The number of ether oxygens (including phenoxy) is 1. The molecule has 1 saturated heterocycles. The molecular formula is C18H11Cl3N2O3S. The highest BCUT2D eigenvalue weighted by atomic mass is 35.5. The normalized spacial score (nSPS) is 15.9. The van der Waals surface area contributed by atoms with Gasteiger partial charge in [0.1, 0.15) is 11.3 Å². The molecule has 2 aromatic carbocycles. The maximum Gasteiger partial charge on any atom is 0.270 e. The first kappa shape index (κ1) is 19.6. The number of hydrogen-bond donors (Lipinski definition) is 1. The highest BCUT2D eigenvalue weighted by molar-refractivity contribution is 7.80. The Morgan fingerprint density at radius 2 is 1.85 bits per heavy atom. The Kier molecular flexibility index (Phi) is 5.72. The van der Waals surface area contributed by atoms with Gasteiger partial charge < -0.3 is 4.74 Å². The monoisotopic (exact) mass is 440 g/mol. The van der Waals surface area contributed by atoms with Crippen molar-refractivity contribution in [3.8, 4) is 5.75 Å². The lowest BCUT2D eigenvalue weighted by Gasteiger charge is -2.29. The molecule has 0 aliphatic carbocycles. The second-order valence-corrected chi connectivity index (χ2v) is 7.00. The number of carbonyl (C=O) groups is 2. The average Bonchev–Trinajstić information content (AvgIpc) is 2.62. The summed E-state index contributed by atoms with van der Waals surface area (Å²) in [5.74, 6) is -0.766. The zero-order valence-electron chi connectivity index (χ0n) is 13.8. The number of nitrogens with one attached hydrogen (secondary N) is 1. The molecule has 9 heteroatoms. The number of carbonyl (C=O) groups excluding carboxylic acids is 2. The number of methoxy groups -OCH3 is 1. The number of hydrogen-bond acceptors (Lipinski definition) is 4. The summed E-state index contributed by atoms with van der Waals surface area (Å²) in [4.78, 5) is 26.4. The molecule has 1 aliphatic rings. The van der Waals surface area contributed by atoms with Crippen LogP contribution in [0, 0.1) is 0 Å². The van der Waals surface area contributed by atoms with Gasteiger partial charge in [-0.1, -0.05) is 46.9 Å². The second kappa shape index (κ2) is 7.86. The molecule has 3 rings (SSSR count). The predicted octanol–water partition coefficient (Wildman–Crippen LogP) is 4.49. The van der Waals surface area contributed by atoms with Gasteiger partial charge in [0.25, 0.3) is 11.8 Å². The molecule has 0 radical (unpaired) electrons. The zero-order chi connectivity index (χ0) is 19.7. The van der Waals surface area contributed by atoms with Crippen molar-refractivity contribution in [2.24, 2.45) is 0 Å². The topological polar surface area (TPSA) is 58.6 Å². The van der Waals surface area contributed by atoms with E-state index in [0.717, 1.165) is 4.90 Å². The molecule has 138 valence electrons. The van der Waals surface area contributed by atoms with Gasteiger partial charge >= 0.3 is 0 Å². The van der Waals surface area contributed by atoms with Crippen LogP contribution in [0.1, 0.15) is 5.56 Å². The molecule has 0 bridgehead atoms. The molecule has 1 N–H and O–H groups in total. The van der Waals surface area contributed by atoms with Crippen LogP contribution in [0.4, 0.5) is 5.69 Å². The summed E-state index contributed by atoms with van der Waals surface area (Å²) in [5.41, 5.74) is 0.697. The van der Waals surface area contributed by atoms with Gasteiger partial charge in [-0.25, -0.2) is 0 Å². The van der Waals surface area contributed by atoms with Gasteiger partial charge in [-0.3, -0.25) is 19.8 Å². The molecule has 0 spiro atoms. The Morgan fingerprint density at radius 3 is 2.52 bits per heavy atom. The highest BCUT2D eigenvalue weighted by Gasteiger charge is 2.35. The summed E-state index contributed by atoms with van der Waals surface area (Å²) in [7, 11) is 1.49. The predicted molar refractivity (Wildman–Crippen MR) is 111 cm³/mol. The van der Waals surface area contributed by atoms with Gasteiger partial charge in [0.15, 0.2) is 5.11 Å². The van der Waals surface area contributed by atoms with Crippen molar-refractivity contribution in [2.45, 2.75) is 0 Å².